The van der Waals surface area contributed by atoms with Gasteiger partial charge in [-0.3, -0.25) is 4.79 Å². The van der Waals surface area contributed by atoms with Crippen molar-refractivity contribution < 1.29 is 4.79 Å². The van der Waals surface area contributed by atoms with Gasteiger partial charge in [-0.05, 0) is 45.8 Å². The highest BCUT2D eigenvalue weighted by atomic mass is 16.1. The van der Waals surface area contributed by atoms with Crippen LogP contribution in [0, 0.1) is 5.92 Å². The van der Waals surface area contributed by atoms with Crippen molar-refractivity contribution in [2.75, 3.05) is 33.7 Å². The maximum Gasteiger partial charge on any atom is 0.207 e. The lowest BCUT2D eigenvalue weighted by Crippen LogP contribution is -2.38. The van der Waals surface area contributed by atoms with Crippen LogP contribution >= 0.6 is 0 Å². The van der Waals surface area contributed by atoms with Gasteiger partial charge in [0.05, 0.1) is 0 Å². The maximum atomic E-state index is 9.86. The van der Waals surface area contributed by atoms with Crippen LogP contribution in [0.4, 0.5) is 0 Å². The number of hydrogen-bond donors (Lipinski definition) is 2. The minimum Gasteiger partial charge on any atom is -0.357 e. The third-order valence-corrected chi connectivity index (χ3v) is 3.53. The molecule has 1 unspecified atom stereocenters. The molecule has 2 rings (SSSR count). The van der Waals surface area contributed by atoms with Crippen LogP contribution in [-0.4, -0.2) is 50.6 Å². The largest absolute Gasteiger partial charge is 0.357 e. The Morgan fingerprint density at radius 1 is 1.50 bits per heavy atom. The predicted octanol–water partition coefficient (Wildman–Crippen LogP) is 0.442. The minimum absolute atomic E-state index is 0.251. The number of nitrogens with zero attached hydrogens (tertiary/aromatic N) is 1. The van der Waals surface area contributed by atoms with Gasteiger partial charge in [-0.2, -0.15) is 0 Å². The molecule has 1 atom stereocenters. The molecular formula is C12H25N3O. The summed E-state index contributed by atoms with van der Waals surface area (Å²) < 4.78 is 0. The Morgan fingerprint density at radius 2 is 2.19 bits per heavy atom. The topological polar surface area (TPSA) is 44.4 Å². The molecule has 0 aromatic heterocycles. The zero-order valence-corrected chi connectivity index (χ0v) is 10.8. The highest BCUT2D eigenvalue weighted by Gasteiger charge is 2.40. The van der Waals surface area contributed by atoms with Gasteiger partial charge in [0.25, 0.3) is 0 Å². The van der Waals surface area contributed by atoms with E-state index in [2.05, 4.69) is 29.5 Å². The second-order valence-corrected chi connectivity index (χ2v) is 5.19. The van der Waals surface area contributed by atoms with Crippen LogP contribution in [0.5, 0.6) is 0 Å². The van der Waals surface area contributed by atoms with E-state index in [1.807, 2.05) is 7.05 Å². The van der Waals surface area contributed by atoms with E-state index < -0.39 is 0 Å². The van der Waals surface area contributed by atoms with Gasteiger partial charge in [0, 0.05) is 18.6 Å². The van der Waals surface area contributed by atoms with Crippen molar-refractivity contribution in [1.82, 2.24) is 15.5 Å². The van der Waals surface area contributed by atoms with Gasteiger partial charge in [-0.25, -0.2) is 0 Å². The highest BCUT2D eigenvalue weighted by molar-refractivity contribution is 5.46. The Bertz CT molecular complexity index is 208. The fourth-order valence-corrected chi connectivity index (χ4v) is 2.06. The lowest BCUT2D eigenvalue weighted by molar-refractivity contribution is -0.109. The molecule has 0 aromatic rings. The Kier molecular flexibility index (Phi) is 5.22. The molecule has 4 heteroatoms. The van der Waals surface area contributed by atoms with E-state index in [1.54, 1.807) is 0 Å². The zero-order chi connectivity index (χ0) is 12.0. The number of likely N-dealkylation sites (tertiary alicyclic amines) is 1. The number of likely N-dealkylation sites (N-methyl/N-ethyl adjacent to an activating group) is 1. The second kappa shape index (κ2) is 6.21. The van der Waals surface area contributed by atoms with E-state index in [1.165, 1.54) is 32.4 Å². The molecule has 1 aliphatic heterocycles. The number of carbonyl (C=O) groups excluding carboxylic acids is 1. The summed E-state index contributed by atoms with van der Waals surface area (Å²) in [5, 5.41) is 5.82. The molecule has 1 saturated carbocycles. The molecule has 1 aliphatic carbocycles. The van der Waals surface area contributed by atoms with Crippen LogP contribution < -0.4 is 10.6 Å². The SMILES string of the molecule is CC1CCN(C)C1.CNC1(CNC=O)CC1. The molecule has 2 N–H and O–H groups in total. The summed E-state index contributed by atoms with van der Waals surface area (Å²) in [6.45, 7) is 5.69. The number of hydrogen-bond acceptors (Lipinski definition) is 3. The van der Waals surface area contributed by atoms with Gasteiger partial charge in [0.1, 0.15) is 0 Å². The van der Waals surface area contributed by atoms with E-state index in [-0.39, 0.29) is 5.54 Å². The standard InChI is InChI=1S/C6H12N2O.C6H13N/c1-7-6(2-3-6)4-8-5-9;1-6-3-4-7(2)5-6/h5,7H,2-4H2,1H3,(H,8,9);6H,3-5H2,1-2H3. The Morgan fingerprint density at radius 3 is 2.44 bits per heavy atom. The van der Waals surface area contributed by atoms with Crippen molar-refractivity contribution in [3.63, 3.8) is 0 Å². The van der Waals surface area contributed by atoms with Crippen LogP contribution in [0.15, 0.2) is 0 Å². The van der Waals surface area contributed by atoms with Crippen LogP contribution in [0.2, 0.25) is 0 Å². The van der Waals surface area contributed by atoms with E-state index in [0.29, 0.717) is 0 Å². The van der Waals surface area contributed by atoms with Crippen LogP contribution in [-0.2, 0) is 4.79 Å². The summed E-state index contributed by atoms with van der Waals surface area (Å²) in [7, 11) is 4.11. The normalized spacial score (nSPS) is 26.8. The first-order valence-electron chi connectivity index (χ1n) is 6.16. The lowest BCUT2D eigenvalue weighted by atomic mass is 10.2. The molecule has 4 nitrogen and oxygen atoms in total. The number of nitrogens with one attached hydrogen (secondary N) is 2. The highest BCUT2D eigenvalue weighted by Crippen LogP contribution is 2.33. The summed E-state index contributed by atoms with van der Waals surface area (Å²) >= 11 is 0. The van der Waals surface area contributed by atoms with Gasteiger partial charge >= 0.3 is 0 Å². The smallest absolute Gasteiger partial charge is 0.207 e. The molecule has 0 spiro atoms. The van der Waals surface area contributed by atoms with Crippen molar-refractivity contribution in [2.45, 2.75) is 31.7 Å². The predicted molar refractivity (Wildman–Crippen MR) is 66.4 cm³/mol. The minimum atomic E-state index is 0.251. The maximum absolute atomic E-state index is 9.86. The van der Waals surface area contributed by atoms with E-state index in [9.17, 15) is 4.79 Å². The summed E-state index contributed by atoms with van der Waals surface area (Å²) in [6, 6.07) is 0. The van der Waals surface area contributed by atoms with Crippen LogP contribution in [0.25, 0.3) is 0 Å². The Balaban J connectivity index is 0.000000165. The summed E-state index contributed by atoms with van der Waals surface area (Å²) in [5.74, 6) is 0.949. The Labute approximate surface area is 98.8 Å². The van der Waals surface area contributed by atoms with Crippen LogP contribution in [0.3, 0.4) is 0 Å². The third-order valence-electron chi connectivity index (χ3n) is 3.53. The van der Waals surface area contributed by atoms with Gasteiger partial charge in [0.2, 0.25) is 6.41 Å². The monoisotopic (exact) mass is 227 g/mol. The fourth-order valence-electron chi connectivity index (χ4n) is 2.06. The zero-order valence-electron chi connectivity index (χ0n) is 10.8. The van der Waals surface area contributed by atoms with Gasteiger partial charge in [-0.1, -0.05) is 6.92 Å². The van der Waals surface area contributed by atoms with Crippen molar-refractivity contribution >= 4 is 6.41 Å². The first-order chi connectivity index (χ1) is 7.62. The molecule has 0 bridgehead atoms. The number of carbonyl (C=O) groups is 1. The molecule has 0 radical (unpaired) electrons. The number of amides is 1. The van der Waals surface area contributed by atoms with E-state index >= 15 is 0 Å². The molecule has 1 saturated heterocycles. The molecule has 2 fully saturated rings. The van der Waals surface area contributed by atoms with Crippen molar-refractivity contribution in [3.05, 3.63) is 0 Å². The first-order valence-corrected chi connectivity index (χ1v) is 6.16. The fraction of sp³-hybridized carbons (Fsp3) is 0.917. The van der Waals surface area contributed by atoms with Crippen molar-refractivity contribution in [2.24, 2.45) is 5.92 Å². The van der Waals surface area contributed by atoms with E-state index in [0.717, 1.165) is 18.9 Å². The molecular weight excluding hydrogens is 202 g/mol. The average Bonchev–Trinajstić information content (AvgIpc) is 2.97. The van der Waals surface area contributed by atoms with Crippen LogP contribution in [0.1, 0.15) is 26.2 Å². The quantitative estimate of drug-likeness (QED) is 0.685. The van der Waals surface area contributed by atoms with Crippen molar-refractivity contribution in [3.8, 4) is 0 Å². The molecule has 0 aromatic carbocycles. The molecule has 94 valence electrons. The van der Waals surface area contributed by atoms with Gasteiger partial charge in [-0.15, -0.1) is 0 Å². The molecule has 1 amide bonds. The molecule has 16 heavy (non-hydrogen) atoms. The average molecular weight is 227 g/mol. The number of rotatable bonds is 4. The summed E-state index contributed by atoms with van der Waals surface area (Å²) in [4.78, 5) is 12.2. The summed E-state index contributed by atoms with van der Waals surface area (Å²) in [5.41, 5.74) is 0.251. The second-order valence-electron chi connectivity index (χ2n) is 5.19. The van der Waals surface area contributed by atoms with Gasteiger partial charge in [0.15, 0.2) is 0 Å². The third kappa shape index (κ3) is 4.49. The lowest BCUT2D eigenvalue weighted by Gasteiger charge is -2.11. The van der Waals surface area contributed by atoms with Crippen molar-refractivity contribution in [1.29, 1.82) is 0 Å². The molecule has 1 heterocycles. The first kappa shape index (κ1) is 13.5. The summed E-state index contributed by atoms with van der Waals surface area (Å²) in [6.07, 6.45) is 4.52. The molecule has 2 aliphatic rings. The van der Waals surface area contributed by atoms with Gasteiger partial charge < -0.3 is 15.5 Å². The van der Waals surface area contributed by atoms with E-state index in [4.69, 9.17) is 0 Å². The Hall–Kier alpha value is -0.610.